The van der Waals surface area contributed by atoms with Crippen molar-refractivity contribution in [2.75, 3.05) is 27.2 Å². The van der Waals surface area contributed by atoms with Crippen LogP contribution in [0.15, 0.2) is 47.4 Å². The zero-order chi connectivity index (χ0) is 31.2. The Morgan fingerprint density at radius 3 is 2.50 bits per heavy atom. The summed E-state index contributed by atoms with van der Waals surface area (Å²) in [4.78, 5) is 42.8. The average molecular weight is 613 g/mol. The first-order valence-electron chi connectivity index (χ1n) is 13.4. The highest BCUT2D eigenvalue weighted by Gasteiger charge is 2.56. The first kappa shape index (κ1) is 33.5. The van der Waals surface area contributed by atoms with Gasteiger partial charge in [-0.15, -0.1) is 0 Å². The number of halogens is 1. The number of benzene rings is 1. The second kappa shape index (κ2) is 14.0. The number of nitrogens with one attached hydrogen (secondary N) is 1. The molecule has 2 heterocycles. The van der Waals surface area contributed by atoms with E-state index in [1.165, 1.54) is 31.3 Å². The van der Waals surface area contributed by atoms with Crippen LogP contribution in [0.2, 0.25) is 0 Å². The van der Waals surface area contributed by atoms with Crippen molar-refractivity contribution in [1.82, 2.24) is 19.5 Å². The van der Waals surface area contributed by atoms with Gasteiger partial charge in [-0.05, 0) is 60.0 Å². The number of aromatic nitrogens is 2. The maximum Gasteiger partial charge on any atom is 0.459 e. The van der Waals surface area contributed by atoms with Crippen LogP contribution in [-0.4, -0.2) is 88.6 Å². The number of carbonyl (C=O) groups excluding carboxylic acids is 2. The van der Waals surface area contributed by atoms with Crippen molar-refractivity contribution < 1.29 is 42.2 Å². The van der Waals surface area contributed by atoms with Crippen LogP contribution in [0, 0.1) is 0 Å². The van der Waals surface area contributed by atoms with Crippen molar-refractivity contribution in [2.24, 2.45) is 0 Å². The third-order valence-corrected chi connectivity index (χ3v) is 7.81. The number of para-hydroxylation sites is 1. The Morgan fingerprint density at radius 1 is 1.24 bits per heavy atom. The fourth-order valence-corrected chi connectivity index (χ4v) is 5.69. The van der Waals surface area contributed by atoms with Crippen LogP contribution in [0.5, 0.6) is 5.75 Å². The van der Waals surface area contributed by atoms with E-state index < -0.39 is 62.3 Å². The van der Waals surface area contributed by atoms with Crippen molar-refractivity contribution in [3.05, 3.63) is 58.8 Å². The lowest BCUT2D eigenvalue weighted by Crippen LogP contribution is -2.43. The minimum atomic E-state index is -4.33. The van der Waals surface area contributed by atoms with E-state index in [1.807, 2.05) is 0 Å². The topological polar surface area (TPSA) is 159 Å². The maximum absolute atomic E-state index is 15.8. The van der Waals surface area contributed by atoms with Gasteiger partial charge in [0.15, 0.2) is 17.7 Å². The lowest BCUT2D eigenvalue weighted by Gasteiger charge is -2.25. The first-order chi connectivity index (χ1) is 19.6. The number of aliphatic hydroxyl groups is 1. The number of rotatable bonds is 14. The number of hydrogen-bond acceptors (Lipinski definition) is 11. The molecule has 0 unspecified atom stereocenters. The zero-order valence-corrected chi connectivity index (χ0v) is 25.3. The van der Waals surface area contributed by atoms with Gasteiger partial charge in [-0.2, -0.15) is 10.1 Å². The van der Waals surface area contributed by atoms with Crippen molar-refractivity contribution in [1.29, 1.82) is 0 Å². The Labute approximate surface area is 243 Å². The zero-order valence-electron chi connectivity index (χ0n) is 24.4. The molecule has 2 N–H and O–H groups in total. The second-order valence-electron chi connectivity index (χ2n) is 10.7. The fraction of sp³-hybridized carbons (Fsp3) is 0.556. The number of ether oxygens (including phenoxy) is 2. The summed E-state index contributed by atoms with van der Waals surface area (Å²) < 4.78 is 52.3. The summed E-state index contributed by atoms with van der Waals surface area (Å²) in [6.07, 6.45) is -4.11. The molecule has 0 saturated carbocycles. The summed E-state index contributed by atoms with van der Waals surface area (Å²) in [7, 11) is -0.859. The summed E-state index contributed by atoms with van der Waals surface area (Å²) in [6, 6.07) is 8.29. The number of likely N-dealkylation sites (N-methyl/N-ethyl adjacent to an activating group) is 1. The Bertz CT molecular complexity index is 1340. The van der Waals surface area contributed by atoms with Gasteiger partial charge in [0.1, 0.15) is 24.0 Å². The highest BCUT2D eigenvalue weighted by molar-refractivity contribution is 7.52. The summed E-state index contributed by atoms with van der Waals surface area (Å²) >= 11 is 0. The lowest BCUT2D eigenvalue weighted by molar-refractivity contribution is -0.149. The molecule has 0 radical (unpaired) electrons. The number of nitrogens with zero attached hydrogens (tertiary/aromatic N) is 3. The van der Waals surface area contributed by atoms with E-state index in [0.29, 0.717) is 0 Å². The van der Waals surface area contributed by atoms with Gasteiger partial charge >= 0.3 is 19.4 Å². The molecule has 0 spiro atoms. The molecule has 1 fully saturated rings. The van der Waals surface area contributed by atoms with Crippen LogP contribution in [0.4, 0.5) is 4.39 Å². The molecule has 0 amide bonds. The van der Waals surface area contributed by atoms with Crippen LogP contribution in [0.25, 0.3) is 0 Å². The fourth-order valence-electron chi connectivity index (χ4n) is 4.19. The molecule has 13 nitrogen and oxygen atoms in total. The van der Waals surface area contributed by atoms with Crippen LogP contribution >= 0.6 is 7.75 Å². The predicted molar refractivity (Wildman–Crippen MR) is 150 cm³/mol. The summed E-state index contributed by atoms with van der Waals surface area (Å²) in [5.41, 5.74) is -3.17. The van der Waals surface area contributed by atoms with E-state index in [0.717, 1.165) is 11.5 Å². The molecule has 1 saturated heterocycles. The molecule has 1 aromatic carbocycles. The highest BCUT2D eigenvalue weighted by Crippen LogP contribution is 2.47. The molecule has 6 atom stereocenters. The largest absolute Gasteiger partial charge is 0.462 e. The summed E-state index contributed by atoms with van der Waals surface area (Å²) in [5, 5.41) is 13.3. The molecule has 2 aromatic rings. The van der Waals surface area contributed by atoms with Crippen LogP contribution in [0.3, 0.4) is 0 Å². The first-order valence-corrected chi connectivity index (χ1v) is 14.9. The molecular weight excluding hydrogens is 574 g/mol. The van der Waals surface area contributed by atoms with Crippen molar-refractivity contribution in [3.8, 4) is 5.75 Å². The highest BCUT2D eigenvalue weighted by atomic mass is 31.2. The maximum atomic E-state index is 15.8. The Morgan fingerprint density at radius 2 is 1.90 bits per heavy atom. The molecule has 15 heteroatoms. The predicted octanol–water partition coefficient (Wildman–Crippen LogP) is 2.04. The number of aliphatic hydroxyl groups excluding tert-OH is 1. The number of hydrogen-bond donors (Lipinski definition) is 2. The van der Waals surface area contributed by atoms with Gasteiger partial charge in [0.05, 0.1) is 31.4 Å². The van der Waals surface area contributed by atoms with Gasteiger partial charge in [0, 0.05) is 6.20 Å². The van der Waals surface area contributed by atoms with Crippen molar-refractivity contribution in [2.45, 2.75) is 70.4 Å². The third-order valence-electron chi connectivity index (χ3n) is 6.16. The van der Waals surface area contributed by atoms with Crippen LogP contribution < -0.4 is 15.3 Å². The van der Waals surface area contributed by atoms with E-state index in [2.05, 4.69) is 10.1 Å². The van der Waals surface area contributed by atoms with E-state index >= 15 is 4.39 Å². The van der Waals surface area contributed by atoms with Crippen LogP contribution in [0.1, 0.15) is 39.6 Å². The molecule has 0 bridgehead atoms. The third kappa shape index (κ3) is 8.76. The minimum Gasteiger partial charge on any atom is -0.462 e. The van der Waals surface area contributed by atoms with E-state index in [4.69, 9.17) is 18.5 Å². The SMILES string of the molecule is CC(C)OC(=O)[C@H](C)N[P@](=O)(OC[C@H]1O[C@@H](n2ccc(CC(=O)CN(C)C)nc2=O)[C@](C)(F)[C@@H]1O)Oc1ccccc1. The van der Waals surface area contributed by atoms with Gasteiger partial charge in [-0.3, -0.25) is 18.7 Å². The quantitative estimate of drug-likeness (QED) is 0.237. The molecule has 0 aliphatic carbocycles. The summed E-state index contributed by atoms with van der Waals surface area (Å²) in [6.45, 7) is 5.29. The molecular formula is C27H38FN4O9P. The Balaban J connectivity index is 1.77. The Hall–Kier alpha value is -3.00. The normalized spacial score (nSPS) is 24.4. The standard InChI is InChI=1S/C27H38FN4O9P/c1-17(2)39-24(35)18(3)30-42(37,41-21-10-8-7-9-11-21)38-16-22-23(34)27(4,28)25(40-22)32-13-12-19(29-26(32)36)14-20(33)15-31(5)6/h7-13,17-18,22-23,25,34H,14-16H2,1-6H3,(H,30,37)/t18-,22+,23+,25+,27+,42-/m0/s1. The van der Waals surface area contributed by atoms with Gasteiger partial charge in [0.2, 0.25) is 0 Å². The summed E-state index contributed by atoms with van der Waals surface area (Å²) in [5.74, 6) is -0.717. The number of ketones is 1. The minimum absolute atomic E-state index is 0.0847. The van der Waals surface area contributed by atoms with Crippen molar-refractivity contribution in [3.63, 3.8) is 0 Å². The van der Waals surface area contributed by atoms with Gasteiger partial charge in [0.25, 0.3) is 0 Å². The van der Waals surface area contributed by atoms with Gasteiger partial charge in [-0.1, -0.05) is 18.2 Å². The number of Topliss-reactive ketones (excluding diaryl/α,β-unsaturated/α-hetero) is 1. The van der Waals surface area contributed by atoms with Crippen LogP contribution in [-0.2, 0) is 34.6 Å². The van der Waals surface area contributed by atoms with E-state index in [9.17, 15) is 24.1 Å². The molecule has 1 aromatic heterocycles. The van der Waals surface area contributed by atoms with Crippen molar-refractivity contribution >= 4 is 19.5 Å². The number of carbonyl (C=O) groups is 2. The Kier molecular flexibility index (Phi) is 11.2. The molecule has 232 valence electrons. The number of alkyl halides is 1. The molecule has 3 rings (SSSR count). The second-order valence-corrected chi connectivity index (χ2v) is 12.4. The monoisotopic (exact) mass is 612 g/mol. The lowest BCUT2D eigenvalue weighted by atomic mass is 9.98. The average Bonchev–Trinajstić information content (AvgIpc) is 3.10. The molecule has 1 aliphatic rings. The van der Waals surface area contributed by atoms with E-state index in [-0.39, 0.29) is 30.2 Å². The van der Waals surface area contributed by atoms with Gasteiger partial charge < -0.3 is 24.0 Å². The molecule has 42 heavy (non-hydrogen) atoms. The molecule has 1 aliphatic heterocycles. The van der Waals surface area contributed by atoms with Gasteiger partial charge in [-0.25, -0.2) is 13.8 Å². The smallest absolute Gasteiger partial charge is 0.459 e. The number of esters is 1. The van der Waals surface area contributed by atoms with E-state index in [1.54, 1.807) is 51.0 Å².